The van der Waals surface area contributed by atoms with E-state index >= 15 is 0 Å². The van der Waals surface area contributed by atoms with Gasteiger partial charge in [0.25, 0.3) is 0 Å². The molecule has 0 aromatic heterocycles. The first kappa shape index (κ1) is 33.0. The Labute approximate surface area is 189 Å². The van der Waals surface area contributed by atoms with Crippen molar-refractivity contribution in [2.45, 2.75) is 87.5 Å². The van der Waals surface area contributed by atoms with Crippen LogP contribution in [0.3, 0.4) is 0 Å². The Balaban J connectivity index is 6.21. The lowest BCUT2D eigenvalue weighted by Crippen LogP contribution is -2.70. The van der Waals surface area contributed by atoms with E-state index in [0.29, 0.717) is 0 Å². The summed E-state index contributed by atoms with van der Waals surface area (Å²) in [5.41, 5.74) is 0. The molecule has 0 rings (SSSR count). The molecule has 0 amide bonds. The highest BCUT2D eigenvalue weighted by molar-refractivity contribution is 7.17. The predicted molar refractivity (Wildman–Crippen MR) is 101 cm³/mol. The largest absolute Gasteiger partial charge is 0.460 e. The lowest BCUT2D eigenvalue weighted by molar-refractivity contribution is -0.440. The van der Waals surface area contributed by atoms with E-state index < -0.39 is 72.8 Å². The molecule has 0 aliphatic carbocycles. The fraction of sp³-hybridized carbons (Fsp3) is 1.00. The Hall–Kier alpha value is -0.0494. The molecule has 0 N–H and O–H groups in total. The van der Waals surface area contributed by atoms with Crippen LogP contribution in [0.15, 0.2) is 0 Å². The molecule has 0 radical (unpaired) electrons. The smallest absolute Gasteiger partial charge is 0.426 e. The third-order valence-corrected chi connectivity index (χ3v) is 13.8. The van der Waals surface area contributed by atoms with Crippen molar-refractivity contribution in [3.63, 3.8) is 0 Å². The summed E-state index contributed by atoms with van der Waals surface area (Å²) >= 11 is 6.08. The Bertz CT molecular complexity index is 671. The average molecular weight is 589 g/mol. The zero-order valence-electron chi connectivity index (χ0n) is 18.0. The van der Waals surface area contributed by atoms with Crippen molar-refractivity contribution >= 4 is 35.6 Å². The van der Waals surface area contributed by atoms with Gasteiger partial charge in [0, 0.05) is 12.5 Å². The van der Waals surface area contributed by atoms with Gasteiger partial charge in [0.05, 0.1) is 0 Å². The van der Waals surface area contributed by atoms with Crippen LogP contribution in [0.4, 0.5) is 57.1 Å². The van der Waals surface area contributed by atoms with Crippen LogP contribution in [0, 0.1) is 0 Å². The molecule has 0 fully saturated rings. The molecule has 0 unspecified atom stereocenters. The lowest BCUT2D eigenvalue weighted by atomic mass is 9.93. The zero-order valence-corrected chi connectivity index (χ0v) is 21.8. The first-order chi connectivity index (χ1) is 13.9. The number of hydrogen-bond acceptors (Lipinski definition) is 2. The van der Waals surface area contributed by atoms with Crippen LogP contribution in [0.5, 0.6) is 0 Å². The molecule has 200 valence electrons. The normalized spacial score (nSPS) is 16.4. The molecular weight excluding hydrogens is 567 g/mol. The summed E-state index contributed by atoms with van der Waals surface area (Å²) in [6.07, 6.45) is -9.87. The molecule has 0 saturated heterocycles. The molecule has 0 heterocycles. The van der Waals surface area contributed by atoms with Gasteiger partial charge in [0.1, 0.15) is 0 Å². The van der Waals surface area contributed by atoms with Gasteiger partial charge in [-0.1, -0.05) is 0 Å². The summed E-state index contributed by atoms with van der Waals surface area (Å²) in [5, 5.41) is 0. The average Bonchev–Trinajstić information content (AvgIpc) is 2.47. The second-order valence-electron chi connectivity index (χ2n) is 9.09. The minimum absolute atomic E-state index is 1.39. The SMILES string of the molecule is C[Si](C)(C)O[Si](Cl)(CCC(F)(F)C(F)(F)C(F)(F)C(F)(F)C(F)(F)C(F)(F)F)O[Si](C)(C)C. The van der Waals surface area contributed by atoms with Gasteiger partial charge in [-0.2, -0.15) is 57.1 Å². The van der Waals surface area contributed by atoms with Crippen molar-refractivity contribution in [2.75, 3.05) is 0 Å². The molecule has 0 atom stereocenters. The summed E-state index contributed by atoms with van der Waals surface area (Å²) in [7, 11) is -9.85. The molecule has 0 saturated carbocycles. The summed E-state index contributed by atoms with van der Waals surface area (Å²) in [4.78, 5) is 0. The topological polar surface area (TPSA) is 18.5 Å². The van der Waals surface area contributed by atoms with Gasteiger partial charge in [-0.05, 0) is 39.3 Å². The van der Waals surface area contributed by atoms with Crippen molar-refractivity contribution in [2.24, 2.45) is 0 Å². The van der Waals surface area contributed by atoms with E-state index in [1.54, 1.807) is 0 Å². The first-order valence-corrected chi connectivity index (χ1v) is 18.8. The van der Waals surface area contributed by atoms with Gasteiger partial charge in [-0.15, -0.1) is 11.1 Å². The maximum atomic E-state index is 14.1. The van der Waals surface area contributed by atoms with Gasteiger partial charge in [0.15, 0.2) is 16.6 Å². The third kappa shape index (κ3) is 7.01. The number of halogens is 14. The summed E-state index contributed by atoms with van der Waals surface area (Å²) < 4.78 is 183. The predicted octanol–water partition coefficient (Wildman–Crippen LogP) is 8.00. The van der Waals surface area contributed by atoms with E-state index in [2.05, 4.69) is 0 Å². The van der Waals surface area contributed by atoms with Crippen molar-refractivity contribution in [3.05, 3.63) is 0 Å². The minimum atomic E-state index is -7.93. The Kier molecular flexibility index (Phi) is 9.10. The molecule has 0 bridgehead atoms. The highest BCUT2D eigenvalue weighted by Crippen LogP contribution is 2.61. The summed E-state index contributed by atoms with van der Waals surface area (Å²) in [6.45, 7) is 8.87. The molecule has 0 aliphatic heterocycles. The first-order valence-electron chi connectivity index (χ1n) is 8.92. The summed E-state index contributed by atoms with van der Waals surface area (Å²) in [5.74, 6) is -37.1. The van der Waals surface area contributed by atoms with E-state index in [1.165, 1.54) is 39.3 Å². The molecule has 0 aromatic carbocycles. The number of rotatable bonds is 11. The van der Waals surface area contributed by atoms with E-state index in [9.17, 15) is 57.1 Å². The van der Waals surface area contributed by atoms with Crippen LogP contribution in [0.25, 0.3) is 0 Å². The van der Waals surface area contributed by atoms with E-state index in [-0.39, 0.29) is 0 Å². The fourth-order valence-electron chi connectivity index (χ4n) is 2.30. The monoisotopic (exact) mass is 588 g/mol. The molecule has 2 nitrogen and oxygen atoms in total. The van der Waals surface area contributed by atoms with Crippen LogP contribution < -0.4 is 0 Å². The molecule has 0 aliphatic rings. The number of alkyl halides is 13. The third-order valence-electron chi connectivity index (χ3n) is 3.65. The van der Waals surface area contributed by atoms with Gasteiger partial charge in [-0.3, -0.25) is 0 Å². The van der Waals surface area contributed by atoms with Crippen molar-refractivity contribution in [1.82, 2.24) is 0 Å². The van der Waals surface area contributed by atoms with Crippen LogP contribution in [-0.2, 0) is 8.23 Å². The second kappa shape index (κ2) is 9.11. The summed E-state index contributed by atoms with van der Waals surface area (Å²) in [6, 6.07) is -1.39. The lowest BCUT2D eigenvalue weighted by Gasteiger charge is -2.41. The molecule has 33 heavy (non-hydrogen) atoms. The van der Waals surface area contributed by atoms with E-state index in [4.69, 9.17) is 19.3 Å². The van der Waals surface area contributed by atoms with E-state index in [1.807, 2.05) is 0 Å². The van der Waals surface area contributed by atoms with Gasteiger partial charge in [0.2, 0.25) is 0 Å². The second-order valence-corrected chi connectivity index (χ2v) is 22.7. The van der Waals surface area contributed by atoms with Crippen molar-refractivity contribution in [3.8, 4) is 0 Å². The zero-order chi connectivity index (χ0) is 27.3. The van der Waals surface area contributed by atoms with Crippen molar-refractivity contribution in [1.29, 1.82) is 0 Å². The van der Waals surface area contributed by atoms with E-state index in [0.717, 1.165) is 0 Å². The van der Waals surface area contributed by atoms with Gasteiger partial charge in [-0.25, -0.2) is 0 Å². The van der Waals surface area contributed by atoms with Crippen molar-refractivity contribution < 1.29 is 65.3 Å². The Morgan fingerprint density at radius 1 is 0.545 bits per heavy atom. The maximum Gasteiger partial charge on any atom is 0.460 e. The molecule has 0 aromatic rings. The van der Waals surface area contributed by atoms with Crippen LogP contribution >= 0.6 is 11.1 Å². The van der Waals surface area contributed by atoms with Crippen LogP contribution in [0.1, 0.15) is 6.42 Å². The molecule has 0 spiro atoms. The fourth-order valence-corrected chi connectivity index (χ4v) is 16.0. The van der Waals surface area contributed by atoms with Gasteiger partial charge >= 0.3 is 43.7 Å². The van der Waals surface area contributed by atoms with Crippen LogP contribution in [-0.4, -0.2) is 60.3 Å². The van der Waals surface area contributed by atoms with Gasteiger partial charge < -0.3 is 8.23 Å². The standard InChI is InChI=1S/C14H22ClF13O2Si3/c1-31(2,3)29-33(15,30-32(4,5)6)8-7-9(16,17)10(18,19)11(20,21)12(22,23)13(24,25)14(26,27)28/h7-8H2,1-6H3. The number of hydrogen-bond donors (Lipinski definition) is 0. The van der Waals surface area contributed by atoms with Crippen LogP contribution in [0.2, 0.25) is 45.3 Å². The molecular formula is C14H22ClF13O2Si3. The molecule has 19 heteroatoms. The quantitative estimate of drug-likeness (QED) is 0.138. The highest BCUT2D eigenvalue weighted by Gasteiger charge is 2.90. The minimum Gasteiger partial charge on any atom is -0.426 e. The highest BCUT2D eigenvalue weighted by atomic mass is 35.6. The Morgan fingerprint density at radius 3 is 1.12 bits per heavy atom. The Morgan fingerprint density at radius 2 is 0.848 bits per heavy atom. The maximum absolute atomic E-state index is 14.1.